The van der Waals surface area contributed by atoms with E-state index in [-0.39, 0.29) is 24.2 Å². The van der Waals surface area contributed by atoms with Crippen molar-refractivity contribution in [1.29, 1.82) is 5.26 Å². The van der Waals surface area contributed by atoms with Crippen LogP contribution in [0.25, 0.3) is 6.08 Å². The average molecular weight is 635 g/mol. The summed E-state index contributed by atoms with van der Waals surface area (Å²) in [7, 11) is 0. The number of hydrogen-bond acceptors (Lipinski definition) is 6. The van der Waals surface area contributed by atoms with Crippen LogP contribution < -0.4 is 4.90 Å². The number of nitriles is 1. The Hall–Kier alpha value is -4.63. The van der Waals surface area contributed by atoms with Gasteiger partial charge in [0.25, 0.3) is 0 Å². The van der Waals surface area contributed by atoms with Gasteiger partial charge in [0.2, 0.25) is 0 Å². The molecule has 0 aliphatic carbocycles. The molecule has 0 aliphatic heterocycles. The smallest absolute Gasteiger partial charge is 0.349 e. The number of hydrogen-bond donors (Lipinski definition) is 0. The van der Waals surface area contributed by atoms with Crippen molar-refractivity contribution in [2.75, 3.05) is 31.2 Å². The maximum absolute atomic E-state index is 12.3. The first-order valence-electron chi connectivity index (χ1n) is 16.8. The second kappa shape index (κ2) is 19.1. The number of rotatable bonds is 19. The first kappa shape index (κ1) is 36.8. The molecule has 47 heavy (non-hydrogen) atoms. The highest BCUT2D eigenvalue weighted by Crippen LogP contribution is 2.32. The molecular weight excluding hydrogens is 584 g/mol. The van der Waals surface area contributed by atoms with Gasteiger partial charge >= 0.3 is 11.9 Å². The van der Waals surface area contributed by atoms with Crippen molar-refractivity contribution in [2.45, 2.75) is 78.1 Å². The van der Waals surface area contributed by atoms with E-state index in [0.717, 1.165) is 56.1 Å². The standard InChI is InChI=1S/C41H50N2O4/c1-6-8-26-43(38-24-18-34(19-25-38)30-35(31-42)40(45)47-29-28-46-39(44)7-2)27-12-10-9-11-13-33-16-22-37(23-17-33)41(4,5)36-20-14-32(3)15-21-36/h7,14-25,30H,2,6,8-13,26-29H2,1,3-5H3. The van der Waals surface area contributed by atoms with Crippen LogP contribution in [-0.2, 0) is 30.9 Å². The van der Waals surface area contributed by atoms with Gasteiger partial charge in [0.05, 0.1) is 0 Å². The lowest BCUT2D eigenvalue weighted by molar-refractivity contribution is -0.146. The van der Waals surface area contributed by atoms with Crippen molar-refractivity contribution in [3.8, 4) is 6.07 Å². The zero-order valence-corrected chi connectivity index (χ0v) is 28.6. The summed E-state index contributed by atoms with van der Waals surface area (Å²) in [6.07, 6.45) is 10.6. The minimum atomic E-state index is -0.755. The molecule has 0 bridgehead atoms. The Balaban J connectivity index is 1.46. The number of nitrogens with zero attached hydrogens (tertiary/aromatic N) is 2. The summed E-state index contributed by atoms with van der Waals surface area (Å²) in [6.45, 7) is 14.0. The predicted molar refractivity (Wildman–Crippen MR) is 191 cm³/mol. The highest BCUT2D eigenvalue weighted by atomic mass is 16.6. The molecule has 0 saturated carbocycles. The molecular formula is C41H50N2O4. The molecule has 0 fully saturated rings. The third-order valence-electron chi connectivity index (χ3n) is 8.51. The second-order valence-electron chi connectivity index (χ2n) is 12.5. The van der Waals surface area contributed by atoms with E-state index < -0.39 is 11.9 Å². The Bertz CT molecular complexity index is 1500. The molecule has 0 saturated heterocycles. The maximum Gasteiger partial charge on any atom is 0.349 e. The van der Waals surface area contributed by atoms with Crippen molar-refractivity contribution < 1.29 is 19.1 Å². The van der Waals surface area contributed by atoms with Gasteiger partial charge < -0.3 is 14.4 Å². The maximum atomic E-state index is 12.3. The molecule has 6 nitrogen and oxygen atoms in total. The number of carbonyl (C=O) groups is 2. The van der Waals surface area contributed by atoms with Gasteiger partial charge in [-0.2, -0.15) is 5.26 Å². The molecule has 3 aromatic carbocycles. The van der Waals surface area contributed by atoms with Crippen molar-refractivity contribution in [3.05, 3.63) is 119 Å². The largest absolute Gasteiger partial charge is 0.459 e. The van der Waals surface area contributed by atoms with Crippen LogP contribution >= 0.6 is 0 Å². The SMILES string of the molecule is C=CC(=O)OCCOC(=O)C(C#N)=Cc1ccc(N(CCCC)CCCCCCc2ccc(C(C)(C)c3ccc(C)cc3)cc2)cc1. The molecule has 0 aliphatic rings. The minimum Gasteiger partial charge on any atom is -0.459 e. The quantitative estimate of drug-likeness (QED) is 0.0567. The van der Waals surface area contributed by atoms with Crippen molar-refractivity contribution in [2.24, 2.45) is 0 Å². The summed E-state index contributed by atoms with van der Waals surface area (Å²) in [4.78, 5) is 25.8. The molecule has 0 spiro atoms. The fraction of sp³-hybridized carbons (Fsp3) is 0.390. The Morgan fingerprint density at radius 2 is 1.43 bits per heavy atom. The molecule has 248 valence electrons. The van der Waals surface area contributed by atoms with Gasteiger partial charge in [-0.15, -0.1) is 0 Å². The topological polar surface area (TPSA) is 79.6 Å². The van der Waals surface area contributed by atoms with Gasteiger partial charge in [-0.1, -0.05) is 113 Å². The van der Waals surface area contributed by atoms with Crippen molar-refractivity contribution >= 4 is 23.7 Å². The van der Waals surface area contributed by atoms with E-state index in [0.29, 0.717) is 0 Å². The number of ether oxygens (including phenoxy) is 2. The second-order valence-corrected chi connectivity index (χ2v) is 12.5. The molecule has 0 unspecified atom stereocenters. The number of aryl methyl sites for hydroxylation is 2. The molecule has 0 atom stereocenters. The monoisotopic (exact) mass is 634 g/mol. The van der Waals surface area contributed by atoms with Gasteiger partial charge in [-0.05, 0) is 73.1 Å². The lowest BCUT2D eigenvalue weighted by Gasteiger charge is -2.26. The Morgan fingerprint density at radius 1 is 0.830 bits per heavy atom. The number of benzene rings is 3. The summed E-state index contributed by atoms with van der Waals surface area (Å²) in [5.74, 6) is -1.35. The van der Waals surface area contributed by atoms with E-state index >= 15 is 0 Å². The van der Waals surface area contributed by atoms with E-state index in [1.807, 2.05) is 30.3 Å². The number of carbonyl (C=O) groups excluding carboxylic acids is 2. The summed E-state index contributed by atoms with van der Waals surface area (Å²) < 4.78 is 9.84. The van der Waals surface area contributed by atoms with Crippen LogP contribution in [0.4, 0.5) is 5.69 Å². The summed E-state index contributed by atoms with van der Waals surface area (Å²) in [5.41, 5.74) is 7.10. The fourth-order valence-corrected chi connectivity index (χ4v) is 5.43. The third kappa shape index (κ3) is 11.9. The minimum absolute atomic E-state index is 0.0218. The van der Waals surface area contributed by atoms with Crippen LogP contribution in [0, 0.1) is 18.3 Å². The van der Waals surface area contributed by atoms with E-state index in [4.69, 9.17) is 9.47 Å². The molecule has 0 aromatic heterocycles. The molecule has 0 heterocycles. The van der Waals surface area contributed by atoms with Gasteiger partial charge in [0.1, 0.15) is 24.9 Å². The third-order valence-corrected chi connectivity index (χ3v) is 8.51. The van der Waals surface area contributed by atoms with Crippen molar-refractivity contribution in [3.63, 3.8) is 0 Å². The average Bonchev–Trinajstić information content (AvgIpc) is 3.08. The van der Waals surface area contributed by atoms with Gasteiger partial charge in [0, 0.05) is 30.3 Å². The highest BCUT2D eigenvalue weighted by molar-refractivity contribution is 5.97. The van der Waals surface area contributed by atoms with Gasteiger partial charge in [0.15, 0.2) is 0 Å². The molecule has 3 aromatic rings. The lowest BCUT2D eigenvalue weighted by atomic mass is 9.77. The Kier molecular flexibility index (Phi) is 15.0. The van der Waals surface area contributed by atoms with Crippen LogP contribution in [0.1, 0.15) is 87.1 Å². The molecule has 0 N–H and O–H groups in total. The summed E-state index contributed by atoms with van der Waals surface area (Å²) in [6, 6.07) is 27.8. The lowest BCUT2D eigenvalue weighted by Crippen LogP contribution is -2.25. The normalized spacial score (nSPS) is 11.4. The van der Waals surface area contributed by atoms with Gasteiger partial charge in [-0.25, -0.2) is 9.59 Å². The van der Waals surface area contributed by atoms with Crippen molar-refractivity contribution in [1.82, 2.24) is 0 Å². The summed E-state index contributed by atoms with van der Waals surface area (Å²) in [5, 5.41) is 9.46. The zero-order valence-electron chi connectivity index (χ0n) is 28.6. The number of anilines is 1. The Morgan fingerprint density at radius 3 is 2.04 bits per heavy atom. The summed E-state index contributed by atoms with van der Waals surface area (Å²) >= 11 is 0. The molecule has 3 rings (SSSR count). The van der Waals surface area contributed by atoms with Crippen LogP contribution in [0.5, 0.6) is 0 Å². The van der Waals surface area contributed by atoms with Crippen LogP contribution in [0.3, 0.4) is 0 Å². The molecule has 0 radical (unpaired) electrons. The highest BCUT2D eigenvalue weighted by Gasteiger charge is 2.22. The van der Waals surface area contributed by atoms with Gasteiger partial charge in [-0.3, -0.25) is 0 Å². The predicted octanol–water partition coefficient (Wildman–Crippen LogP) is 8.91. The van der Waals surface area contributed by atoms with E-state index in [9.17, 15) is 14.9 Å². The molecule has 6 heteroatoms. The van der Waals surface area contributed by atoms with Crippen LogP contribution in [0.15, 0.2) is 91.0 Å². The first-order chi connectivity index (χ1) is 22.7. The molecule has 0 amide bonds. The fourth-order valence-electron chi connectivity index (χ4n) is 5.43. The van der Waals surface area contributed by atoms with E-state index in [2.05, 4.69) is 87.7 Å². The Labute approximate surface area is 281 Å². The van der Waals surface area contributed by atoms with E-state index in [1.165, 1.54) is 47.6 Å². The first-order valence-corrected chi connectivity index (χ1v) is 16.8. The zero-order chi connectivity index (χ0) is 34.1. The van der Waals surface area contributed by atoms with Crippen LogP contribution in [-0.4, -0.2) is 38.2 Å². The number of esters is 2. The van der Waals surface area contributed by atoms with E-state index in [1.54, 1.807) is 0 Å². The number of unbranched alkanes of at least 4 members (excludes halogenated alkanes) is 4. The van der Waals surface area contributed by atoms with Crippen LogP contribution in [0.2, 0.25) is 0 Å².